The van der Waals surface area contributed by atoms with Crippen LogP contribution in [0.2, 0.25) is 0 Å². The molecule has 1 atom stereocenters. The minimum Gasteiger partial charge on any atom is -0.494 e. The first-order valence-corrected chi connectivity index (χ1v) is 14.1. The van der Waals surface area contributed by atoms with Crippen LogP contribution in [-0.2, 0) is 19.1 Å². The van der Waals surface area contributed by atoms with Crippen molar-refractivity contribution >= 4 is 29.3 Å². The van der Waals surface area contributed by atoms with E-state index in [0.29, 0.717) is 65.0 Å². The molecule has 11 heteroatoms. The van der Waals surface area contributed by atoms with E-state index in [-0.39, 0.29) is 23.6 Å². The van der Waals surface area contributed by atoms with Crippen molar-refractivity contribution in [2.45, 2.75) is 19.9 Å². The Morgan fingerprint density at radius 2 is 1.90 bits per heavy atom. The van der Waals surface area contributed by atoms with Crippen LogP contribution in [0, 0.1) is 0 Å². The molecular weight excluding hydrogens is 546 g/mol. The Morgan fingerprint density at radius 1 is 1.12 bits per heavy atom. The number of methoxy groups -OCH3 is 1. The second-order valence-corrected chi connectivity index (χ2v) is 10.4. The number of allylic oxidation sites excluding steroid dienone is 1. The summed E-state index contributed by atoms with van der Waals surface area (Å²) in [4.78, 5) is 46.1. The Balaban J connectivity index is 1.51. The van der Waals surface area contributed by atoms with Gasteiger partial charge in [0.2, 0.25) is 0 Å². The van der Waals surface area contributed by atoms with Gasteiger partial charge in [-0.05, 0) is 43.7 Å². The third-order valence-corrected chi connectivity index (χ3v) is 7.81. The molecule has 2 aliphatic heterocycles. The minimum atomic E-state index is -0.774. The third-order valence-electron chi connectivity index (χ3n) is 6.82. The number of para-hydroxylation sites is 1. The molecule has 214 valence electrons. The minimum absolute atomic E-state index is 0.0829. The fraction of sp³-hybridized carbons (Fsp3) is 0.333. The second-order valence-electron chi connectivity index (χ2n) is 9.40. The van der Waals surface area contributed by atoms with Crippen molar-refractivity contribution < 1.29 is 28.5 Å². The number of morpholine rings is 1. The molecule has 0 bridgehead atoms. The number of carbonyl (C=O) groups excluding carboxylic acids is 2. The van der Waals surface area contributed by atoms with Crippen LogP contribution in [0.4, 0.5) is 0 Å². The van der Waals surface area contributed by atoms with Crippen LogP contribution in [0.25, 0.3) is 6.08 Å². The zero-order valence-electron chi connectivity index (χ0n) is 23.1. The predicted molar refractivity (Wildman–Crippen MR) is 153 cm³/mol. The van der Waals surface area contributed by atoms with Gasteiger partial charge in [-0.2, -0.15) is 0 Å². The average molecular weight is 578 g/mol. The zero-order valence-corrected chi connectivity index (χ0v) is 23.9. The normalized spacial score (nSPS) is 17.1. The van der Waals surface area contributed by atoms with Crippen molar-refractivity contribution in [2.75, 3.05) is 46.6 Å². The Labute approximate surface area is 240 Å². The van der Waals surface area contributed by atoms with Crippen LogP contribution in [0.15, 0.2) is 69.6 Å². The molecule has 0 N–H and O–H groups in total. The highest BCUT2D eigenvalue weighted by molar-refractivity contribution is 7.07. The summed E-state index contributed by atoms with van der Waals surface area (Å²) < 4.78 is 24.0. The number of aromatic nitrogens is 1. The summed E-state index contributed by atoms with van der Waals surface area (Å²) >= 11 is 1.23. The number of hydrogen-bond acceptors (Lipinski definition) is 9. The van der Waals surface area contributed by atoms with E-state index in [1.807, 2.05) is 37.3 Å². The standard InChI is InChI=1S/C30H31N3O7S/c1-4-39-23-11-6-5-10-22(23)27-26(29(36)37-3)19(2)31-30-33(27)28(35)24(41-30)17-20-8-7-9-21(16-20)40-18-25(34)32-12-14-38-15-13-32/h5-11,16-17,27H,4,12-15,18H2,1-3H3/t27-/m1/s1. The molecular formula is C30H31N3O7S. The van der Waals surface area contributed by atoms with Crippen LogP contribution in [0.1, 0.15) is 31.0 Å². The third kappa shape index (κ3) is 5.96. The van der Waals surface area contributed by atoms with Gasteiger partial charge in [-0.1, -0.05) is 41.7 Å². The molecule has 3 heterocycles. The van der Waals surface area contributed by atoms with Gasteiger partial charge in [0.25, 0.3) is 11.5 Å². The van der Waals surface area contributed by atoms with E-state index in [2.05, 4.69) is 4.99 Å². The lowest BCUT2D eigenvalue weighted by Crippen LogP contribution is -2.42. The Morgan fingerprint density at radius 3 is 2.66 bits per heavy atom. The second kappa shape index (κ2) is 12.5. The first-order valence-electron chi connectivity index (χ1n) is 13.3. The number of esters is 1. The fourth-order valence-electron chi connectivity index (χ4n) is 4.87. The molecule has 2 aromatic carbocycles. The zero-order chi connectivity index (χ0) is 28.9. The molecule has 5 rings (SSSR count). The van der Waals surface area contributed by atoms with Crippen LogP contribution in [-0.4, -0.2) is 68.0 Å². The lowest BCUT2D eigenvalue weighted by molar-refractivity contribution is -0.137. The average Bonchev–Trinajstić information content (AvgIpc) is 3.29. The van der Waals surface area contributed by atoms with E-state index >= 15 is 0 Å². The number of benzene rings is 2. The number of ether oxygens (including phenoxy) is 4. The van der Waals surface area contributed by atoms with Gasteiger partial charge >= 0.3 is 5.97 Å². The first-order chi connectivity index (χ1) is 19.9. The number of rotatable bonds is 8. The van der Waals surface area contributed by atoms with Gasteiger partial charge < -0.3 is 23.8 Å². The summed E-state index contributed by atoms with van der Waals surface area (Å²) in [6, 6.07) is 13.8. The molecule has 1 saturated heterocycles. The Bertz CT molecular complexity index is 1670. The topological polar surface area (TPSA) is 109 Å². The van der Waals surface area contributed by atoms with E-state index in [1.54, 1.807) is 36.1 Å². The van der Waals surface area contributed by atoms with Crippen molar-refractivity contribution in [3.05, 3.63) is 90.6 Å². The number of amides is 1. The van der Waals surface area contributed by atoms with Gasteiger partial charge in [-0.3, -0.25) is 14.2 Å². The highest BCUT2D eigenvalue weighted by atomic mass is 32.1. The van der Waals surface area contributed by atoms with Crippen LogP contribution < -0.4 is 24.4 Å². The predicted octanol–water partition coefficient (Wildman–Crippen LogP) is 2.04. The number of thiazole rings is 1. The number of nitrogens with zero attached hydrogens (tertiary/aromatic N) is 3. The van der Waals surface area contributed by atoms with Crippen molar-refractivity contribution in [1.82, 2.24) is 9.47 Å². The van der Waals surface area contributed by atoms with E-state index < -0.39 is 12.0 Å². The molecule has 3 aromatic rings. The SMILES string of the molecule is CCOc1ccccc1[C@@H]1C(C(=O)OC)=C(C)N=c2sc(=Cc3cccc(OCC(=O)N4CCOCC4)c3)c(=O)n21. The Kier molecular flexibility index (Phi) is 8.65. The maximum absolute atomic E-state index is 13.9. The van der Waals surface area contributed by atoms with Gasteiger partial charge in [0.15, 0.2) is 11.4 Å². The van der Waals surface area contributed by atoms with Gasteiger partial charge in [-0.25, -0.2) is 9.79 Å². The summed E-state index contributed by atoms with van der Waals surface area (Å²) in [5.41, 5.74) is 1.84. The maximum atomic E-state index is 13.9. The molecule has 0 unspecified atom stereocenters. The summed E-state index contributed by atoms with van der Waals surface area (Å²) in [6.45, 7) is 6.10. The van der Waals surface area contributed by atoms with E-state index in [4.69, 9.17) is 18.9 Å². The van der Waals surface area contributed by atoms with E-state index in [9.17, 15) is 14.4 Å². The maximum Gasteiger partial charge on any atom is 0.338 e. The van der Waals surface area contributed by atoms with Gasteiger partial charge in [0, 0.05) is 18.7 Å². The molecule has 0 spiro atoms. The smallest absolute Gasteiger partial charge is 0.338 e. The molecule has 10 nitrogen and oxygen atoms in total. The lowest BCUT2D eigenvalue weighted by Gasteiger charge is -2.26. The monoisotopic (exact) mass is 577 g/mol. The molecule has 2 aliphatic rings. The van der Waals surface area contributed by atoms with Crippen molar-refractivity contribution in [3.63, 3.8) is 0 Å². The van der Waals surface area contributed by atoms with Gasteiger partial charge in [0.1, 0.15) is 17.5 Å². The van der Waals surface area contributed by atoms with Crippen LogP contribution in [0.5, 0.6) is 11.5 Å². The van der Waals surface area contributed by atoms with Crippen molar-refractivity contribution in [2.24, 2.45) is 4.99 Å². The fourth-order valence-corrected chi connectivity index (χ4v) is 5.92. The number of carbonyl (C=O) groups is 2. The molecule has 0 saturated carbocycles. The summed E-state index contributed by atoms with van der Waals surface area (Å²) in [6.07, 6.45) is 1.75. The summed E-state index contributed by atoms with van der Waals surface area (Å²) in [5.74, 6) is 0.423. The summed E-state index contributed by atoms with van der Waals surface area (Å²) in [5, 5.41) is 0. The lowest BCUT2D eigenvalue weighted by atomic mass is 9.95. The van der Waals surface area contributed by atoms with Gasteiger partial charge in [-0.15, -0.1) is 0 Å². The molecule has 0 radical (unpaired) electrons. The molecule has 1 aromatic heterocycles. The number of fused-ring (bicyclic) bond motifs is 1. The van der Waals surface area contributed by atoms with Crippen molar-refractivity contribution in [3.8, 4) is 11.5 Å². The number of hydrogen-bond donors (Lipinski definition) is 0. The highest BCUT2D eigenvalue weighted by Crippen LogP contribution is 2.35. The van der Waals surface area contributed by atoms with E-state index in [0.717, 1.165) is 5.56 Å². The van der Waals surface area contributed by atoms with Crippen molar-refractivity contribution in [1.29, 1.82) is 0 Å². The Hall–Kier alpha value is -4.22. The molecule has 41 heavy (non-hydrogen) atoms. The summed E-state index contributed by atoms with van der Waals surface area (Å²) in [7, 11) is 1.31. The highest BCUT2D eigenvalue weighted by Gasteiger charge is 2.34. The first kappa shape index (κ1) is 28.3. The van der Waals surface area contributed by atoms with Crippen LogP contribution in [0.3, 0.4) is 0 Å². The van der Waals surface area contributed by atoms with Gasteiger partial charge in [0.05, 0.1) is 42.7 Å². The van der Waals surface area contributed by atoms with Crippen LogP contribution >= 0.6 is 11.3 Å². The quantitative estimate of drug-likeness (QED) is 0.377. The molecule has 0 aliphatic carbocycles. The van der Waals surface area contributed by atoms with E-state index in [1.165, 1.54) is 23.0 Å². The molecule has 1 fully saturated rings. The molecule has 1 amide bonds. The largest absolute Gasteiger partial charge is 0.494 e.